The number of rotatable bonds is 4. The van der Waals surface area contributed by atoms with Gasteiger partial charge in [0, 0.05) is 23.3 Å². The fraction of sp³-hybridized carbons (Fsp3) is 0.125. The van der Waals surface area contributed by atoms with E-state index in [0.717, 1.165) is 11.1 Å². The molecule has 0 radical (unpaired) electrons. The van der Waals surface area contributed by atoms with Crippen molar-refractivity contribution in [3.63, 3.8) is 0 Å². The van der Waals surface area contributed by atoms with Gasteiger partial charge in [0.15, 0.2) is 0 Å². The lowest BCUT2D eigenvalue weighted by Gasteiger charge is -2.06. The summed E-state index contributed by atoms with van der Waals surface area (Å²) in [6.45, 7) is 2.23. The number of benzene rings is 1. The predicted octanol–water partition coefficient (Wildman–Crippen LogP) is 2.81. The van der Waals surface area contributed by atoms with Crippen LogP contribution in [-0.4, -0.2) is 10.9 Å². The Morgan fingerprint density at radius 2 is 2.14 bits per heavy atom. The Morgan fingerprint density at radius 3 is 2.90 bits per heavy atom. The summed E-state index contributed by atoms with van der Waals surface area (Å²) in [7, 11) is 0. The molecule has 0 aliphatic carbocycles. The highest BCUT2D eigenvalue weighted by Gasteiger charge is 2.20. The Hall–Kier alpha value is -2.82. The quantitative estimate of drug-likeness (QED) is 0.798. The van der Waals surface area contributed by atoms with Gasteiger partial charge in [-0.2, -0.15) is 0 Å². The van der Waals surface area contributed by atoms with E-state index < -0.39 is 5.91 Å². The zero-order valence-electron chi connectivity index (χ0n) is 11.5. The highest BCUT2D eigenvalue weighted by Crippen LogP contribution is 2.32. The van der Waals surface area contributed by atoms with Gasteiger partial charge >= 0.3 is 0 Å². The van der Waals surface area contributed by atoms with Crippen LogP contribution < -0.4 is 10.5 Å². The molecule has 0 aliphatic heterocycles. The van der Waals surface area contributed by atoms with E-state index in [4.69, 9.17) is 14.9 Å². The standard InChI is InChI=1S/C16H14N2O3/c1-10-6-7-18-8-11(10)9-20-16-14(15(17)19)12-4-2-3-5-13(12)21-16/h2-8H,9H2,1H3,(H2,17,19). The van der Waals surface area contributed by atoms with Gasteiger partial charge < -0.3 is 14.9 Å². The zero-order chi connectivity index (χ0) is 14.8. The number of aryl methyl sites for hydroxylation is 1. The van der Waals surface area contributed by atoms with Gasteiger partial charge in [-0.15, -0.1) is 0 Å². The molecule has 21 heavy (non-hydrogen) atoms. The number of nitrogens with zero attached hydrogens (tertiary/aromatic N) is 1. The third-order valence-corrected chi connectivity index (χ3v) is 3.32. The molecule has 106 valence electrons. The summed E-state index contributed by atoms with van der Waals surface area (Å²) in [5.41, 5.74) is 8.26. The van der Waals surface area contributed by atoms with Gasteiger partial charge in [0.05, 0.1) is 0 Å². The van der Waals surface area contributed by atoms with E-state index in [1.54, 1.807) is 24.5 Å². The summed E-state index contributed by atoms with van der Waals surface area (Å²) in [6, 6.07) is 9.09. The largest absolute Gasteiger partial charge is 0.460 e. The number of carbonyl (C=O) groups is 1. The van der Waals surface area contributed by atoms with Crippen molar-refractivity contribution in [2.24, 2.45) is 5.73 Å². The molecule has 3 rings (SSSR count). The van der Waals surface area contributed by atoms with Crippen molar-refractivity contribution < 1.29 is 13.9 Å². The van der Waals surface area contributed by atoms with Crippen LogP contribution in [0.1, 0.15) is 21.5 Å². The molecule has 2 heterocycles. The molecule has 2 N–H and O–H groups in total. The topological polar surface area (TPSA) is 78.3 Å². The Balaban J connectivity index is 1.95. The first kappa shape index (κ1) is 13.2. The van der Waals surface area contributed by atoms with Gasteiger partial charge in [0.2, 0.25) is 0 Å². The van der Waals surface area contributed by atoms with Crippen LogP contribution in [0.25, 0.3) is 11.0 Å². The fourth-order valence-electron chi connectivity index (χ4n) is 2.15. The number of nitrogens with two attached hydrogens (primary N) is 1. The third-order valence-electron chi connectivity index (χ3n) is 3.32. The van der Waals surface area contributed by atoms with Crippen molar-refractivity contribution >= 4 is 16.9 Å². The van der Waals surface area contributed by atoms with Gasteiger partial charge in [0.1, 0.15) is 17.8 Å². The van der Waals surface area contributed by atoms with E-state index in [9.17, 15) is 4.79 Å². The number of aromatic nitrogens is 1. The molecule has 1 amide bonds. The molecule has 2 aromatic heterocycles. The third kappa shape index (κ3) is 2.45. The number of pyridine rings is 1. The molecule has 1 aromatic carbocycles. The van der Waals surface area contributed by atoms with Gasteiger partial charge in [0.25, 0.3) is 11.9 Å². The number of hydrogen-bond donors (Lipinski definition) is 1. The second-order valence-corrected chi connectivity index (χ2v) is 4.72. The number of hydrogen-bond acceptors (Lipinski definition) is 4. The number of ether oxygens (including phenoxy) is 1. The lowest BCUT2D eigenvalue weighted by atomic mass is 10.1. The summed E-state index contributed by atoms with van der Waals surface area (Å²) >= 11 is 0. The van der Waals surface area contributed by atoms with Gasteiger partial charge in [-0.1, -0.05) is 18.2 Å². The van der Waals surface area contributed by atoms with Crippen molar-refractivity contribution in [1.82, 2.24) is 4.98 Å². The first-order valence-corrected chi connectivity index (χ1v) is 6.50. The van der Waals surface area contributed by atoms with Crippen molar-refractivity contribution in [1.29, 1.82) is 0 Å². The number of carbonyl (C=O) groups excluding carboxylic acids is 1. The number of primary amides is 1. The maximum atomic E-state index is 11.6. The van der Waals surface area contributed by atoms with Crippen LogP contribution in [0.3, 0.4) is 0 Å². The average molecular weight is 282 g/mol. The molecule has 0 atom stereocenters. The predicted molar refractivity (Wildman–Crippen MR) is 78.0 cm³/mol. The Bertz CT molecular complexity index is 808. The van der Waals surface area contributed by atoms with Crippen LogP contribution >= 0.6 is 0 Å². The van der Waals surface area contributed by atoms with Crippen LogP contribution in [0.5, 0.6) is 5.95 Å². The van der Waals surface area contributed by atoms with Crippen molar-refractivity contribution in [3.05, 3.63) is 59.4 Å². The minimum Gasteiger partial charge on any atom is -0.460 e. The van der Waals surface area contributed by atoms with Crippen LogP contribution in [0, 0.1) is 6.92 Å². The lowest BCUT2D eigenvalue weighted by Crippen LogP contribution is -2.12. The van der Waals surface area contributed by atoms with E-state index >= 15 is 0 Å². The van der Waals surface area contributed by atoms with E-state index in [-0.39, 0.29) is 18.1 Å². The van der Waals surface area contributed by atoms with Crippen LogP contribution in [0.2, 0.25) is 0 Å². The minimum absolute atomic E-state index is 0.145. The first-order valence-electron chi connectivity index (χ1n) is 6.50. The molecule has 0 saturated heterocycles. The molecule has 0 aliphatic rings. The SMILES string of the molecule is Cc1ccncc1COc1oc2ccccc2c1C(N)=O. The average Bonchev–Trinajstić information content (AvgIpc) is 2.85. The number of amides is 1. The van der Waals surface area contributed by atoms with E-state index in [2.05, 4.69) is 4.98 Å². The molecular weight excluding hydrogens is 268 g/mol. The highest BCUT2D eigenvalue weighted by molar-refractivity contribution is 6.07. The van der Waals surface area contributed by atoms with Crippen LogP contribution in [-0.2, 0) is 6.61 Å². The van der Waals surface area contributed by atoms with Crippen molar-refractivity contribution in [3.8, 4) is 5.95 Å². The minimum atomic E-state index is -0.571. The van der Waals surface area contributed by atoms with Gasteiger partial charge in [-0.05, 0) is 24.6 Å². The molecule has 0 fully saturated rings. The van der Waals surface area contributed by atoms with Crippen LogP contribution in [0.4, 0.5) is 0 Å². The second-order valence-electron chi connectivity index (χ2n) is 4.72. The van der Waals surface area contributed by atoms with Crippen molar-refractivity contribution in [2.75, 3.05) is 0 Å². The van der Waals surface area contributed by atoms with Gasteiger partial charge in [-0.25, -0.2) is 0 Å². The molecule has 0 unspecified atom stereocenters. The van der Waals surface area contributed by atoms with E-state index in [1.165, 1.54) is 0 Å². The van der Waals surface area contributed by atoms with E-state index in [0.29, 0.717) is 11.0 Å². The second kappa shape index (κ2) is 5.28. The highest BCUT2D eigenvalue weighted by atomic mass is 16.6. The smallest absolute Gasteiger partial charge is 0.299 e. The van der Waals surface area contributed by atoms with E-state index in [1.807, 2.05) is 25.1 Å². The number of furan rings is 1. The summed E-state index contributed by atoms with van der Waals surface area (Å²) in [5.74, 6) is -0.426. The number of para-hydroxylation sites is 1. The summed E-state index contributed by atoms with van der Waals surface area (Å²) in [4.78, 5) is 15.7. The summed E-state index contributed by atoms with van der Waals surface area (Å²) in [6.07, 6.45) is 3.44. The molecule has 5 nitrogen and oxygen atoms in total. The normalized spacial score (nSPS) is 10.7. The molecule has 5 heteroatoms. The summed E-state index contributed by atoms with van der Waals surface area (Å²) < 4.78 is 11.2. The number of fused-ring (bicyclic) bond motifs is 1. The van der Waals surface area contributed by atoms with Crippen molar-refractivity contribution in [2.45, 2.75) is 13.5 Å². The van der Waals surface area contributed by atoms with Crippen LogP contribution in [0.15, 0.2) is 47.1 Å². The maximum Gasteiger partial charge on any atom is 0.299 e. The monoisotopic (exact) mass is 282 g/mol. The van der Waals surface area contributed by atoms with Gasteiger partial charge in [-0.3, -0.25) is 9.78 Å². The molecular formula is C16H14N2O3. The molecule has 3 aromatic rings. The molecule has 0 spiro atoms. The molecule has 0 saturated carbocycles. The fourth-order valence-corrected chi connectivity index (χ4v) is 2.15. The summed E-state index contributed by atoms with van der Waals surface area (Å²) in [5, 5.41) is 0.655. The maximum absolute atomic E-state index is 11.6. The molecule has 0 bridgehead atoms. The Labute approximate surface area is 121 Å². The Kier molecular flexibility index (Phi) is 3.31. The lowest BCUT2D eigenvalue weighted by molar-refractivity contribution is 0.0993. The zero-order valence-corrected chi connectivity index (χ0v) is 11.5. The Morgan fingerprint density at radius 1 is 1.33 bits per heavy atom. The first-order chi connectivity index (χ1) is 10.2.